The lowest BCUT2D eigenvalue weighted by atomic mass is 10.2. The topological polar surface area (TPSA) is 74.8 Å². The highest BCUT2D eigenvalue weighted by molar-refractivity contribution is 7.89. The van der Waals surface area contributed by atoms with E-state index in [1.165, 1.54) is 0 Å². The summed E-state index contributed by atoms with van der Waals surface area (Å²) in [7, 11) is -3.26. The van der Waals surface area contributed by atoms with Crippen LogP contribution in [0.3, 0.4) is 0 Å². The van der Waals surface area contributed by atoms with E-state index in [9.17, 15) is 8.42 Å². The fourth-order valence-electron chi connectivity index (χ4n) is 1.71. The van der Waals surface area contributed by atoms with Gasteiger partial charge in [0.2, 0.25) is 10.0 Å². The Morgan fingerprint density at radius 3 is 2.63 bits per heavy atom. The molecule has 0 saturated carbocycles. The predicted molar refractivity (Wildman–Crippen MR) is 74.1 cm³/mol. The molecule has 0 unspecified atom stereocenters. The molecular formula is C13H17N3O2S. The molecule has 0 aliphatic heterocycles. The third kappa shape index (κ3) is 4.18. The van der Waals surface area contributed by atoms with E-state index in [1.807, 2.05) is 37.3 Å². The van der Waals surface area contributed by atoms with E-state index >= 15 is 0 Å². The van der Waals surface area contributed by atoms with Crippen LogP contribution in [0.15, 0.2) is 36.5 Å². The maximum absolute atomic E-state index is 11.9. The zero-order valence-electron chi connectivity index (χ0n) is 10.8. The molecule has 19 heavy (non-hydrogen) atoms. The molecule has 0 aliphatic rings. The fourth-order valence-corrected chi connectivity index (χ4v) is 2.73. The third-order valence-electron chi connectivity index (χ3n) is 2.92. The molecule has 0 aliphatic carbocycles. The number of sulfonamides is 1. The number of hydrogen-bond acceptors (Lipinski definition) is 3. The number of hydrogen-bond donors (Lipinski definition) is 2. The lowest BCUT2D eigenvalue weighted by Gasteiger charge is -2.06. The standard InChI is InChI=1S/C13H17N3O2S/c1-11-13(9-14-16-11)10-15-19(17,18)8-7-12-5-3-2-4-6-12/h2-6,9,15H,7-8,10H2,1H3,(H,14,16). The minimum atomic E-state index is -3.26. The first-order valence-corrected chi connectivity index (χ1v) is 7.72. The third-order valence-corrected chi connectivity index (χ3v) is 4.24. The Morgan fingerprint density at radius 2 is 2.00 bits per heavy atom. The van der Waals surface area contributed by atoms with Crippen LogP contribution in [0.25, 0.3) is 0 Å². The molecular weight excluding hydrogens is 262 g/mol. The van der Waals surface area contributed by atoms with Crippen LogP contribution in [0.5, 0.6) is 0 Å². The molecule has 0 radical (unpaired) electrons. The number of H-pyrrole nitrogens is 1. The molecule has 0 spiro atoms. The van der Waals surface area contributed by atoms with Crippen molar-refractivity contribution < 1.29 is 8.42 Å². The molecule has 5 nitrogen and oxygen atoms in total. The van der Waals surface area contributed by atoms with E-state index in [1.54, 1.807) is 6.20 Å². The van der Waals surface area contributed by atoms with Crippen molar-refractivity contribution in [3.05, 3.63) is 53.3 Å². The van der Waals surface area contributed by atoms with E-state index < -0.39 is 10.0 Å². The van der Waals surface area contributed by atoms with Crippen molar-refractivity contribution in [2.45, 2.75) is 19.9 Å². The van der Waals surface area contributed by atoms with Crippen LogP contribution in [-0.2, 0) is 23.0 Å². The number of aryl methyl sites for hydroxylation is 2. The summed E-state index contributed by atoms with van der Waals surface area (Å²) in [6.45, 7) is 2.14. The number of nitrogens with zero attached hydrogens (tertiary/aromatic N) is 1. The van der Waals surface area contributed by atoms with Crippen LogP contribution < -0.4 is 4.72 Å². The van der Waals surface area contributed by atoms with Gasteiger partial charge in [-0.1, -0.05) is 30.3 Å². The summed E-state index contributed by atoms with van der Waals surface area (Å²) in [6.07, 6.45) is 2.15. The smallest absolute Gasteiger partial charge is 0.212 e. The monoisotopic (exact) mass is 279 g/mol. The van der Waals surface area contributed by atoms with Gasteiger partial charge in [-0.3, -0.25) is 5.10 Å². The first-order valence-electron chi connectivity index (χ1n) is 6.07. The van der Waals surface area contributed by atoms with Crippen molar-refractivity contribution in [3.8, 4) is 0 Å². The minimum absolute atomic E-state index is 0.0912. The van der Waals surface area contributed by atoms with E-state index in [2.05, 4.69) is 14.9 Å². The first-order chi connectivity index (χ1) is 9.07. The second kappa shape index (κ2) is 5.99. The van der Waals surface area contributed by atoms with Gasteiger partial charge < -0.3 is 0 Å². The highest BCUT2D eigenvalue weighted by Crippen LogP contribution is 2.04. The molecule has 0 fully saturated rings. The molecule has 1 aromatic carbocycles. The lowest BCUT2D eigenvalue weighted by Crippen LogP contribution is -2.27. The summed E-state index contributed by atoms with van der Waals surface area (Å²) in [5, 5.41) is 6.63. The first kappa shape index (κ1) is 13.8. The van der Waals surface area contributed by atoms with Gasteiger partial charge in [-0.2, -0.15) is 5.10 Å². The molecule has 0 atom stereocenters. The van der Waals surface area contributed by atoms with Gasteiger partial charge in [0.1, 0.15) is 0 Å². The Kier molecular flexibility index (Phi) is 4.34. The van der Waals surface area contributed by atoms with E-state index in [0.29, 0.717) is 6.42 Å². The highest BCUT2D eigenvalue weighted by Gasteiger charge is 2.11. The summed E-state index contributed by atoms with van der Waals surface area (Å²) >= 11 is 0. The molecule has 1 aromatic heterocycles. The predicted octanol–water partition coefficient (Wildman–Crippen LogP) is 1.38. The van der Waals surface area contributed by atoms with Gasteiger partial charge in [-0.25, -0.2) is 13.1 Å². The SMILES string of the molecule is Cc1[nH]ncc1CNS(=O)(=O)CCc1ccccc1. The van der Waals surface area contributed by atoms with E-state index in [-0.39, 0.29) is 12.3 Å². The zero-order valence-corrected chi connectivity index (χ0v) is 11.6. The fraction of sp³-hybridized carbons (Fsp3) is 0.308. The Morgan fingerprint density at radius 1 is 1.26 bits per heavy atom. The van der Waals surface area contributed by atoms with Gasteiger partial charge in [0.25, 0.3) is 0 Å². The number of nitrogens with one attached hydrogen (secondary N) is 2. The maximum Gasteiger partial charge on any atom is 0.212 e. The normalized spacial score (nSPS) is 11.6. The van der Waals surface area contributed by atoms with Crippen LogP contribution in [0.1, 0.15) is 16.8 Å². The average molecular weight is 279 g/mol. The Bertz CT molecular complexity index is 620. The summed E-state index contributed by atoms with van der Waals surface area (Å²) in [6, 6.07) is 9.58. The molecule has 0 bridgehead atoms. The van der Waals surface area contributed by atoms with Crippen LogP contribution in [-0.4, -0.2) is 24.4 Å². The summed E-state index contributed by atoms with van der Waals surface area (Å²) in [5.41, 5.74) is 2.77. The van der Waals surface area contributed by atoms with Crippen molar-refractivity contribution in [2.24, 2.45) is 0 Å². The number of benzene rings is 1. The van der Waals surface area contributed by atoms with Crippen molar-refractivity contribution >= 4 is 10.0 Å². The Labute approximate surface area is 113 Å². The number of aromatic amines is 1. The molecule has 2 rings (SSSR count). The number of rotatable bonds is 6. The summed E-state index contributed by atoms with van der Waals surface area (Å²) in [5.74, 6) is 0.0912. The van der Waals surface area contributed by atoms with Crippen molar-refractivity contribution in [2.75, 3.05) is 5.75 Å². The van der Waals surface area contributed by atoms with Gasteiger partial charge in [0.05, 0.1) is 11.9 Å². The molecule has 1 heterocycles. The van der Waals surface area contributed by atoms with Crippen LogP contribution >= 0.6 is 0 Å². The van der Waals surface area contributed by atoms with Gasteiger partial charge in [0.15, 0.2) is 0 Å². The summed E-state index contributed by atoms with van der Waals surface area (Å²) in [4.78, 5) is 0. The average Bonchev–Trinajstić information content (AvgIpc) is 2.81. The van der Waals surface area contributed by atoms with E-state index in [4.69, 9.17) is 0 Å². The van der Waals surface area contributed by atoms with Crippen molar-refractivity contribution in [1.82, 2.24) is 14.9 Å². The minimum Gasteiger partial charge on any atom is -0.283 e. The van der Waals surface area contributed by atoms with E-state index in [0.717, 1.165) is 16.8 Å². The van der Waals surface area contributed by atoms with Crippen LogP contribution in [0.4, 0.5) is 0 Å². The maximum atomic E-state index is 11.9. The van der Waals surface area contributed by atoms with Gasteiger partial charge in [-0.15, -0.1) is 0 Å². The zero-order chi connectivity index (χ0) is 13.7. The second-order valence-corrected chi connectivity index (χ2v) is 6.32. The molecule has 2 aromatic rings. The van der Waals surface area contributed by atoms with Crippen molar-refractivity contribution in [3.63, 3.8) is 0 Å². The van der Waals surface area contributed by atoms with Gasteiger partial charge in [0, 0.05) is 17.8 Å². The van der Waals surface area contributed by atoms with Crippen LogP contribution in [0.2, 0.25) is 0 Å². The molecule has 102 valence electrons. The van der Waals surface area contributed by atoms with Crippen molar-refractivity contribution in [1.29, 1.82) is 0 Å². The Hall–Kier alpha value is -1.66. The summed E-state index contributed by atoms with van der Waals surface area (Å²) < 4.78 is 26.3. The quantitative estimate of drug-likeness (QED) is 0.839. The highest BCUT2D eigenvalue weighted by atomic mass is 32.2. The molecule has 6 heteroatoms. The van der Waals surface area contributed by atoms with Crippen LogP contribution in [0, 0.1) is 6.92 Å². The molecule has 0 saturated heterocycles. The second-order valence-electron chi connectivity index (χ2n) is 4.40. The molecule has 2 N–H and O–H groups in total. The van der Waals surface area contributed by atoms with Gasteiger partial charge >= 0.3 is 0 Å². The molecule has 0 amide bonds. The Balaban J connectivity index is 1.87. The number of aromatic nitrogens is 2. The largest absolute Gasteiger partial charge is 0.283 e. The van der Waals surface area contributed by atoms with Gasteiger partial charge in [-0.05, 0) is 18.9 Å². The lowest BCUT2D eigenvalue weighted by molar-refractivity contribution is 0.580.